The molecule has 0 aliphatic rings. The van der Waals surface area contributed by atoms with Gasteiger partial charge in [-0.2, -0.15) is 0 Å². The van der Waals surface area contributed by atoms with Crippen molar-refractivity contribution in [1.82, 2.24) is 0 Å². The first kappa shape index (κ1) is 14.8. The van der Waals surface area contributed by atoms with Gasteiger partial charge in [-0.1, -0.05) is 37.4 Å². The van der Waals surface area contributed by atoms with Gasteiger partial charge in [0.2, 0.25) is 0 Å². The van der Waals surface area contributed by atoms with Gasteiger partial charge in [-0.05, 0) is 47.9 Å². The number of unbranched alkanes of at least 4 members (excludes halogenated alkanes) is 3. The Labute approximate surface area is 113 Å². The van der Waals surface area contributed by atoms with Crippen molar-refractivity contribution < 1.29 is 0 Å². The Morgan fingerprint density at radius 2 is 2.28 bits per heavy atom. The highest BCUT2D eigenvalue weighted by Gasteiger charge is 2.00. The number of hydrogen-bond acceptors (Lipinski definition) is 2. The van der Waals surface area contributed by atoms with Crippen LogP contribution in [-0.4, -0.2) is 6.54 Å². The molecule has 1 heterocycles. The summed E-state index contributed by atoms with van der Waals surface area (Å²) >= 11 is 1.79. The van der Waals surface area contributed by atoms with Crippen molar-refractivity contribution in [2.75, 3.05) is 6.54 Å². The van der Waals surface area contributed by atoms with Crippen molar-refractivity contribution in [3.63, 3.8) is 0 Å². The average molecular weight is 263 g/mol. The molecule has 0 aliphatic heterocycles. The molecule has 0 aromatic carbocycles. The van der Waals surface area contributed by atoms with E-state index in [0.717, 1.165) is 6.42 Å². The van der Waals surface area contributed by atoms with Crippen LogP contribution in [0.4, 0.5) is 0 Å². The van der Waals surface area contributed by atoms with E-state index in [1.807, 2.05) is 0 Å². The van der Waals surface area contributed by atoms with Crippen LogP contribution in [0.25, 0.3) is 16.5 Å². The van der Waals surface area contributed by atoms with Crippen LogP contribution in [-0.2, 0) is 6.42 Å². The van der Waals surface area contributed by atoms with Gasteiger partial charge in [-0.15, -0.1) is 11.3 Å². The summed E-state index contributed by atoms with van der Waals surface area (Å²) < 4.78 is 0. The standard InChI is InChI=1S/C14H21N3S/c1-2-3-4-5-8-13-10-12-18-14(13)9-6-7-11-16-17-15/h6,9-10,12H,2-5,7-8,11H2,1H3. The molecule has 1 rings (SSSR count). The van der Waals surface area contributed by atoms with Crippen LogP contribution in [0.3, 0.4) is 0 Å². The summed E-state index contributed by atoms with van der Waals surface area (Å²) in [6.45, 7) is 2.78. The van der Waals surface area contributed by atoms with E-state index in [9.17, 15) is 0 Å². The monoisotopic (exact) mass is 263 g/mol. The van der Waals surface area contributed by atoms with Crippen LogP contribution in [0.1, 0.15) is 49.5 Å². The van der Waals surface area contributed by atoms with E-state index in [1.165, 1.54) is 42.5 Å². The second kappa shape index (κ2) is 9.75. The maximum absolute atomic E-state index is 8.17. The van der Waals surface area contributed by atoms with Gasteiger partial charge in [0.15, 0.2) is 0 Å². The first-order valence-corrected chi connectivity index (χ1v) is 7.50. The molecule has 0 aliphatic carbocycles. The largest absolute Gasteiger partial charge is 0.144 e. The van der Waals surface area contributed by atoms with Crippen molar-refractivity contribution in [1.29, 1.82) is 0 Å². The van der Waals surface area contributed by atoms with Crippen molar-refractivity contribution in [3.05, 3.63) is 38.4 Å². The summed E-state index contributed by atoms with van der Waals surface area (Å²) in [5, 5.41) is 5.67. The summed E-state index contributed by atoms with van der Waals surface area (Å²) in [4.78, 5) is 4.09. The second-order valence-corrected chi connectivity index (χ2v) is 5.21. The lowest BCUT2D eigenvalue weighted by molar-refractivity contribution is 0.667. The molecule has 4 heteroatoms. The van der Waals surface area contributed by atoms with Gasteiger partial charge < -0.3 is 0 Å². The smallest absolute Gasteiger partial charge is 0.0299 e. The summed E-state index contributed by atoms with van der Waals surface area (Å²) in [5.74, 6) is 0. The molecule has 0 bridgehead atoms. The van der Waals surface area contributed by atoms with Gasteiger partial charge in [0.25, 0.3) is 0 Å². The quantitative estimate of drug-likeness (QED) is 0.241. The topological polar surface area (TPSA) is 48.8 Å². The molecule has 0 fully saturated rings. The maximum atomic E-state index is 8.17. The van der Waals surface area contributed by atoms with Crippen molar-refractivity contribution in [2.45, 2.75) is 45.4 Å². The van der Waals surface area contributed by atoms with E-state index >= 15 is 0 Å². The molecule has 0 spiro atoms. The first-order valence-electron chi connectivity index (χ1n) is 6.62. The number of thiophene rings is 1. The lowest BCUT2D eigenvalue weighted by Gasteiger charge is -2.00. The molecule has 18 heavy (non-hydrogen) atoms. The predicted octanol–water partition coefficient (Wildman–Crippen LogP) is 5.58. The van der Waals surface area contributed by atoms with Crippen LogP contribution >= 0.6 is 11.3 Å². The molecule has 1 aromatic rings. The molecule has 0 radical (unpaired) electrons. The Hall–Kier alpha value is -1.25. The Morgan fingerprint density at radius 3 is 3.06 bits per heavy atom. The van der Waals surface area contributed by atoms with Gasteiger partial charge in [0.1, 0.15) is 0 Å². The highest BCUT2D eigenvalue weighted by atomic mass is 32.1. The minimum absolute atomic E-state index is 0.546. The summed E-state index contributed by atoms with van der Waals surface area (Å²) in [5.41, 5.74) is 9.63. The van der Waals surface area contributed by atoms with E-state index in [0.29, 0.717) is 6.54 Å². The van der Waals surface area contributed by atoms with E-state index in [-0.39, 0.29) is 0 Å². The lowest BCUT2D eigenvalue weighted by Crippen LogP contribution is -1.85. The SMILES string of the molecule is CCCCCCc1ccsc1C=CCCN=[N+]=[N-]. The molecule has 1 aromatic heterocycles. The zero-order valence-electron chi connectivity index (χ0n) is 11.0. The molecule has 0 amide bonds. The fraction of sp³-hybridized carbons (Fsp3) is 0.571. The van der Waals surface area contributed by atoms with E-state index in [1.54, 1.807) is 11.3 Å². The van der Waals surface area contributed by atoms with Gasteiger partial charge >= 0.3 is 0 Å². The Bertz CT molecular complexity index is 403. The molecule has 0 saturated carbocycles. The lowest BCUT2D eigenvalue weighted by atomic mass is 10.1. The summed E-state index contributed by atoms with van der Waals surface area (Å²) in [6, 6.07) is 2.23. The van der Waals surface area contributed by atoms with E-state index in [4.69, 9.17) is 5.53 Å². The predicted molar refractivity (Wildman–Crippen MR) is 79.8 cm³/mol. The van der Waals surface area contributed by atoms with E-state index in [2.05, 4.69) is 40.5 Å². The highest BCUT2D eigenvalue weighted by Crippen LogP contribution is 2.21. The highest BCUT2D eigenvalue weighted by molar-refractivity contribution is 7.11. The number of nitrogens with zero attached hydrogens (tertiary/aromatic N) is 3. The summed E-state index contributed by atoms with van der Waals surface area (Å²) in [7, 11) is 0. The molecule has 0 N–H and O–H groups in total. The number of aryl methyl sites for hydroxylation is 1. The zero-order valence-corrected chi connectivity index (χ0v) is 11.8. The second-order valence-electron chi connectivity index (χ2n) is 4.27. The molecular weight excluding hydrogens is 242 g/mol. The minimum atomic E-state index is 0.546. The van der Waals surface area contributed by atoms with Crippen LogP contribution in [0, 0.1) is 0 Å². The van der Waals surface area contributed by atoms with Crippen LogP contribution < -0.4 is 0 Å². The zero-order chi connectivity index (χ0) is 13.1. The molecular formula is C14H21N3S. The minimum Gasteiger partial charge on any atom is -0.144 e. The van der Waals surface area contributed by atoms with Crippen molar-refractivity contribution in [3.8, 4) is 0 Å². The van der Waals surface area contributed by atoms with Crippen molar-refractivity contribution in [2.24, 2.45) is 5.11 Å². The Balaban J connectivity index is 2.36. The molecule has 0 unspecified atom stereocenters. The maximum Gasteiger partial charge on any atom is 0.0299 e. The van der Waals surface area contributed by atoms with Crippen LogP contribution in [0.15, 0.2) is 22.6 Å². The number of hydrogen-bond donors (Lipinski definition) is 0. The number of rotatable bonds is 9. The average Bonchev–Trinajstić information content (AvgIpc) is 2.82. The first-order chi connectivity index (χ1) is 8.88. The van der Waals surface area contributed by atoms with Crippen molar-refractivity contribution >= 4 is 17.4 Å². The molecule has 98 valence electrons. The van der Waals surface area contributed by atoms with Crippen LogP contribution in [0.2, 0.25) is 0 Å². The van der Waals surface area contributed by atoms with Gasteiger partial charge in [0, 0.05) is 16.3 Å². The third-order valence-electron chi connectivity index (χ3n) is 2.81. The van der Waals surface area contributed by atoms with E-state index < -0.39 is 0 Å². The van der Waals surface area contributed by atoms with Crippen LogP contribution in [0.5, 0.6) is 0 Å². The Kier molecular flexibility index (Phi) is 8.02. The Morgan fingerprint density at radius 1 is 1.39 bits per heavy atom. The van der Waals surface area contributed by atoms with Gasteiger partial charge in [-0.3, -0.25) is 0 Å². The fourth-order valence-electron chi connectivity index (χ4n) is 1.81. The fourth-order valence-corrected chi connectivity index (χ4v) is 2.68. The normalized spacial score (nSPS) is 10.7. The van der Waals surface area contributed by atoms with Gasteiger partial charge in [-0.25, -0.2) is 0 Å². The number of azide groups is 1. The third kappa shape index (κ3) is 5.89. The van der Waals surface area contributed by atoms with Gasteiger partial charge in [0.05, 0.1) is 0 Å². The molecule has 0 saturated heterocycles. The molecule has 3 nitrogen and oxygen atoms in total. The summed E-state index contributed by atoms with van der Waals surface area (Å²) in [6.07, 6.45) is 11.5. The molecule has 0 atom stereocenters. The third-order valence-corrected chi connectivity index (χ3v) is 3.73.